The van der Waals surface area contributed by atoms with Crippen LogP contribution in [0, 0.1) is 52.0 Å². The Morgan fingerprint density at radius 1 is 0.776 bits per heavy atom. The van der Waals surface area contributed by atoms with Crippen molar-refractivity contribution in [3.05, 3.63) is 141 Å². The Labute approximate surface area is 338 Å². The van der Waals surface area contributed by atoms with Gasteiger partial charge in [-0.15, -0.1) is 20.5 Å². The molecule has 0 atom stereocenters. The molecule has 0 aliphatic carbocycles. The molecule has 0 aliphatic heterocycles. The number of aromatic nitrogens is 2. The van der Waals surface area contributed by atoms with Gasteiger partial charge in [-0.3, -0.25) is 39.0 Å². The zero-order chi connectivity index (χ0) is 42.0. The van der Waals surface area contributed by atoms with E-state index in [0.717, 1.165) is 52.0 Å². The maximum absolute atomic E-state index is 12.6. The molecule has 0 unspecified atom stereocenters. The third-order valence-corrected chi connectivity index (χ3v) is 8.28. The van der Waals surface area contributed by atoms with Crippen molar-refractivity contribution in [1.82, 2.24) is 9.13 Å². The van der Waals surface area contributed by atoms with Gasteiger partial charge in [0.2, 0.25) is 11.8 Å². The van der Waals surface area contributed by atoms with E-state index in [1.807, 2.05) is 6.92 Å². The molecule has 1 radical (unpaired) electrons. The minimum Gasteiger partial charge on any atom is -0.506 e. The molecule has 2 heterocycles. The number of pyridine rings is 2. The van der Waals surface area contributed by atoms with E-state index in [4.69, 9.17) is 6.57 Å². The Hall–Kier alpha value is -7.75. The standard InChI is InChI=1S/C20H15N5O5.C17H17N5O5.Co/c1-12-15(10-21)19(27)24(11-13-5-3-2-4-6-13)20(28)18(12)23-22-16-9-14(25(29)30)7-8-17(16)26;1-4-5-8-21-16(24)14(18-3)10(2)15(17(21)25)20-19-12-9-11(22(26)27)6-7-13(12)23;/h2-9,26,28H,11H2,1H3;6-7,9,23,25H,4-5,8H2,1-2H3;. The number of hydrogen-bond acceptors (Lipinski definition) is 15. The fourth-order valence-corrected chi connectivity index (χ4v) is 5.16. The first-order valence-corrected chi connectivity index (χ1v) is 16.7. The fraction of sp³-hybridized carbons (Fsp3) is 0.189. The molecule has 0 aliphatic rings. The number of benzene rings is 3. The maximum atomic E-state index is 12.6. The van der Waals surface area contributed by atoms with Gasteiger partial charge in [0.25, 0.3) is 28.2 Å². The van der Waals surface area contributed by atoms with Crippen molar-refractivity contribution in [3.63, 3.8) is 0 Å². The summed E-state index contributed by atoms with van der Waals surface area (Å²) in [4.78, 5) is 48.7. The number of hydrogen-bond donors (Lipinski definition) is 4. The molecular formula is C37H32CoN10O10. The van der Waals surface area contributed by atoms with Gasteiger partial charge in [0.15, 0.2) is 5.69 Å². The van der Waals surface area contributed by atoms with Gasteiger partial charge < -0.3 is 20.4 Å². The van der Waals surface area contributed by atoms with Gasteiger partial charge in [-0.2, -0.15) is 5.26 Å². The van der Waals surface area contributed by atoms with Crippen LogP contribution in [0.1, 0.15) is 42.0 Å². The van der Waals surface area contributed by atoms with E-state index in [2.05, 4.69) is 25.3 Å². The summed E-state index contributed by atoms with van der Waals surface area (Å²) in [6, 6.07) is 17.1. The molecule has 0 spiro atoms. The summed E-state index contributed by atoms with van der Waals surface area (Å²) < 4.78 is 2.04. The average Bonchev–Trinajstić information content (AvgIpc) is 3.18. The van der Waals surface area contributed by atoms with Gasteiger partial charge in [0.05, 0.1) is 23.0 Å². The summed E-state index contributed by atoms with van der Waals surface area (Å²) in [5, 5.41) is 87.2. The van der Waals surface area contributed by atoms with Crippen LogP contribution in [-0.4, -0.2) is 39.4 Å². The molecule has 20 nitrogen and oxygen atoms in total. The third-order valence-electron chi connectivity index (χ3n) is 8.28. The van der Waals surface area contributed by atoms with Crippen molar-refractivity contribution in [2.45, 2.75) is 46.7 Å². The number of rotatable bonds is 11. The quantitative estimate of drug-likeness (QED) is 0.0427. The van der Waals surface area contributed by atoms with Crippen LogP contribution in [0.25, 0.3) is 4.85 Å². The van der Waals surface area contributed by atoms with Crippen molar-refractivity contribution in [2.75, 3.05) is 0 Å². The molecule has 21 heteroatoms. The maximum Gasteiger partial charge on any atom is 0.271 e. The third kappa shape index (κ3) is 9.91. The van der Waals surface area contributed by atoms with E-state index in [1.54, 1.807) is 36.4 Å². The molecule has 0 saturated heterocycles. The zero-order valence-corrected chi connectivity index (χ0v) is 31.8. The molecule has 58 heavy (non-hydrogen) atoms. The number of azo groups is 2. The summed E-state index contributed by atoms with van der Waals surface area (Å²) in [6.07, 6.45) is 1.38. The van der Waals surface area contributed by atoms with Gasteiger partial charge in [-0.05, 0) is 43.5 Å². The average molecular weight is 836 g/mol. The van der Waals surface area contributed by atoms with Crippen LogP contribution >= 0.6 is 0 Å². The Morgan fingerprint density at radius 2 is 1.28 bits per heavy atom. The van der Waals surface area contributed by atoms with Crippen molar-refractivity contribution in [3.8, 4) is 29.3 Å². The Morgan fingerprint density at radius 3 is 1.74 bits per heavy atom. The topological polar surface area (TPSA) is 289 Å². The molecule has 4 N–H and O–H groups in total. The smallest absolute Gasteiger partial charge is 0.271 e. The summed E-state index contributed by atoms with van der Waals surface area (Å²) in [5.74, 6) is -1.67. The minimum absolute atomic E-state index is 0. The van der Waals surface area contributed by atoms with E-state index in [0.29, 0.717) is 12.0 Å². The first-order chi connectivity index (χ1) is 27.1. The Kier molecular flexibility index (Phi) is 15.2. The van der Waals surface area contributed by atoms with E-state index in [1.165, 1.54) is 13.8 Å². The van der Waals surface area contributed by atoms with Crippen molar-refractivity contribution >= 4 is 39.8 Å². The molecule has 5 rings (SSSR count). The zero-order valence-electron chi connectivity index (χ0n) is 30.7. The van der Waals surface area contributed by atoms with Crippen LogP contribution in [-0.2, 0) is 29.9 Å². The normalized spacial score (nSPS) is 10.6. The second-order valence-corrected chi connectivity index (χ2v) is 12.0. The number of non-ortho nitro benzene ring substituents is 2. The van der Waals surface area contributed by atoms with E-state index in [-0.39, 0.29) is 97.9 Å². The van der Waals surface area contributed by atoms with E-state index >= 15 is 0 Å². The van der Waals surface area contributed by atoms with Crippen LogP contribution in [0.15, 0.2) is 96.8 Å². The number of nitriles is 1. The predicted molar refractivity (Wildman–Crippen MR) is 204 cm³/mol. The molecular weight excluding hydrogens is 803 g/mol. The van der Waals surface area contributed by atoms with Crippen LogP contribution in [0.3, 0.4) is 0 Å². The van der Waals surface area contributed by atoms with Gasteiger partial charge in [0.1, 0.15) is 40.2 Å². The number of aromatic hydroxyl groups is 4. The summed E-state index contributed by atoms with van der Waals surface area (Å²) in [7, 11) is 0. The molecule has 0 bridgehead atoms. The predicted octanol–water partition coefficient (Wildman–Crippen LogP) is 8.05. The molecule has 3 aromatic carbocycles. The second-order valence-electron chi connectivity index (χ2n) is 12.0. The Bertz CT molecular complexity index is 2650. The van der Waals surface area contributed by atoms with Gasteiger partial charge in [0, 0.05) is 53.2 Å². The minimum atomic E-state index is -0.687. The number of unbranched alkanes of at least 4 members (excludes halogenated alkanes) is 1. The molecule has 0 amide bonds. The Balaban J connectivity index is 0.000000307. The number of phenols is 2. The van der Waals surface area contributed by atoms with Crippen molar-refractivity contribution in [1.29, 1.82) is 5.26 Å². The van der Waals surface area contributed by atoms with Gasteiger partial charge in [-0.1, -0.05) is 43.7 Å². The summed E-state index contributed by atoms with van der Waals surface area (Å²) in [6.45, 7) is 12.2. The van der Waals surface area contributed by atoms with Crippen LogP contribution in [0.5, 0.6) is 23.3 Å². The number of phenolic OH excluding ortho intramolecular Hbond substituents is 2. The van der Waals surface area contributed by atoms with Crippen LogP contribution in [0.2, 0.25) is 0 Å². The van der Waals surface area contributed by atoms with E-state index in [9.17, 15) is 55.5 Å². The molecule has 0 fully saturated rings. The van der Waals surface area contributed by atoms with Gasteiger partial charge >= 0.3 is 0 Å². The fourth-order valence-electron chi connectivity index (χ4n) is 5.16. The molecule has 2 aromatic heterocycles. The summed E-state index contributed by atoms with van der Waals surface area (Å²) in [5.41, 5.74) is -2.04. The van der Waals surface area contributed by atoms with Crippen molar-refractivity contribution in [2.24, 2.45) is 20.5 Å². The number of nitrogens with zero attached hydrogens (tertiary/aromatic N) is 10. The molecule has 5 aromatic rings. The van der Waals surface area contributed by atoms with Crippen molar-refractivity contribution < 1.29 is 47.1 Å². The van der Waals surface area contributed by atoms with Crippen LogP contribution in [0.4, 0.5) is 39.8 Å². The summed E-state index contributed by atoms with van der Waals surface area (Å²) >= 11 is 0. The van der Waals surface area contributed by atoms with E-state index < -0.39 is 32.7 Å². The monoisotopic (exact) mass is 835 g/mol. The molecule has 0 saturated carbocycles. The van der Waals surface area contributed by atoms with Crippen LogP contribution < -0.4 is 11.1 Å². The first kappa shape index (κ1) is 44.6. The SMILES string of the molecule is Cc1c(N=Nc2cc([N+](=O)[O-])ccc2O)c(O)n(Cc2ccccc2)c(=O)c1C#N.[C-]#[N+]c1c(C)c(N=Nc2cc([N+](=O)[O-])ccc2O)c(O)n(CCCC)c1=O.[Co]. The largest absolute Gasteiger partial charge is 0.506 e. The first-order valence-electron chi connectivity index (χ1n) is 16.7. The van der Waals surface area contributed by atoms with Gasteiger partial charge in [-0.25, -0.2) is 4.85 Å². The molecule has 299 valence electrons. The number of nitro groups is 2. The second kappa shape index (κ2) is 19.7. The number of nitro benzene ring substituents is 2.